The van der Waals surface area contributed by atoms with Gasteiger partial charge in [-0.3, -0.25) is 9.59 Å². The molecule has 0 saturated carbocycles. The maximum atomic E-state index is 13.0. The molecule has 1 aliphatic heterocycles. The van der Waals surface area contributed by atoms with Crippen LogP contribution in [0.15, 0.2) is 48.5 Å². The van der Waals surface area contributed by atoms with Gasteiger partial charge in [-0.25, -0.2) is 4.39 Å². The molecular formula is C21H23FN2O2. The Kier molecular flexibility index (Phi) is 5.35. The number of hydrogen-bond donors (Lipinski definition) is 1. The van der Waals surface area contributed by atoms with Crippen LogP contribution in [0.25, 0.3) is 0 Å². The van der Waals surface area contributed by atoms with Gasteiger partial charge in [-0.15, -0.1) is 0 Å². The fourth-order valence-corrected chi connectivity index (χ4v) is 3.18. The lowest BCUT2D eigenvalue weighted by Gasteiger charge is -2.19. The number of likely N-dealkylation sites (tertiary alicyclic amines) is 1. The summed E-state index contributed by atoms with van der Waals surface area (Å²) in [4.78, 5) is 26.5. The van der Waals surface area contributed by atoms with E-state index in [1.165, 1.54) is 17.7 Å². The second-order valence-electron chi connectivity index (χ2n) is 6.94. The van der Waals surface area contributed by atoms with E-state index in [1.807, 2.05) is 38.1 Å². The summed E-state index contributed by atoms with van der Waals surface area (Å²) in [5, 5.41) is 2.93. The fourth-order valence-electron chi connectivity index (χ4n) is 3.18. The third-order valence-corrected chi connectivity index (χ3v) is 4.81. The van der Waals surface area contributed by atoms with E-state index in [0.29, 0.717) is 13.1 Å². The molecule has 2 atom stereocenters. The maximum Gasteiger partial charge on any atom is 0.225 e. The molecule has 2 aromatic carbocycles. The molecule has 1 fully saturated rings. The maximum absolute atomic E-state index is 13.0. The summed E-state index contributed by atoms with van der Waals surface area (Å²) in [6, 6.07) is 13.9. The van der Waals surface area contributed by atoms with Crippen molar-refractivity contribution in [2.24, 2.45) is 5.92 Å². The lowest BCUT2D eigenvalue weighted by atomic mass is 10.0. The van der Waals surface area contributed by atoms with Gasteiger partial charge in [-0.05, 0) is 37.1 Å². The Morgan fingerprint density at radius 2 is 1.85 bits per heavy atom. The zero-order valence-corrected chi connectivity index (χ0v) is 15.0. The molecule has 0 aliphatic carbocycles. The zero-order chi connectivity index (χ0) is 18.7. The summed E-state index contributed by atoms with van der Waals surface area (Å²) in [6.07, 6.45) is 0.230. The molecule has 136 valence electrons. The van der Waals surface area contributed by atoms with Crippen molar-refractivity contribution in [3.05, 3.63) is 71.0 Å². The lowest BCUT2D eigenvalue weighted by Crippen LogP contribution is -2.34. The van der Waals surface area contributed by atoms with E-state index in [9.17, 15) is 14.0 Å². The van der Waals surface area contributed by atoms with Crippen LogP contribution in [-0.2, 0) is 16.1 Å². The number of benzene rings is 2. The Hall–Kier alpha value is -2.69. The van der Waals surface area contributed by atoms with Gasteiger partial charge >= 0.3 is 0 Å². The van der Waals surface area contributed by atoms with Crippen molar-refractivity contribution in [3.63, 3.8) is 0 Å². The molecule has 2 aromatic rings. The van der Waals surface area contributed by atoms with E-state index in [2.05, 4.69) is 5.32 Å². The van der Waals surface area contributed by atoms with Crippen molar-refractivity contribution in [1.29, 1.82) is 0 Å². The van der Waals surface area contributed by atoms with Crippen LogP contribution in [0.1, 0.15) is 36.1 Å². The van der Waals surface area contributed by atoms with Crippen LogP contribution in [0.4, 0.5) is 4.39 Å². The van der Waals surface area contributed by atoms with Crippen molar-refractivity contribution >= 4 is 11.8 Å². The van der Waals surface area contributed by atoms with E-state index in [1.54, 1.807) is 17.0 Å². The Morgan fingerprint density at radius 1 is 1.19 bits per heavy atom. The van der Waals surface area contributed by atoms with E-state index in [-0.39, 0.29) is 36.0 Å². The molecule has 0 bridgehead atoms. The van der Waals surface area contributed by atoms with E-state index in [0.717, 1.165) is 11.1 Å². The predicted molar refractivity (Wildman–Crippen MR) is 97.7 cm³/mol. The van der Waals surface area contributed by atoms with Crippen LogP contribution in [0.3, 0.4) is 0 Å². The standard InChI is InChI=1S/C21H23FN2O2/c1-14-3-5-16(6-4-14)12-24-13-18(11-20(24)25)21(26)23-15(2)17-7-9-19(22)10-8-17/h3-10,15,18H,11-13H2,1-2H3,(H,23,26)/t15-,18-/m0/s1. The van der Waals surface area contributed by atoms with Crippen LogP contribution < -0.4 is 5.32 Å². The van der Waals surface area contributed by atoms with E-state index in [4.69, 9.17) is 0 Å². The highest BCUT2D eigenvalue weighted by Gasteiger charge is 2.34. The first-order chi connectivity index (χ1) is 12.4. The van der Waals surface area contributed by atoms with Crippen molar-refractivity contribution in [2.45, 2.75) is 32.9 Å². The number of carbonyl (C=O) groups excluding carboxylic acids is 2. The summed E-state index contributed by atoms with van der Waals surface area (Å²) < 4.78 is 13.0. The first-order valence-corrected chi connectivity index (χ1v) is 8.81. The van der Waals surface area contributed by atoms with Crippen LogP contribution in [0, 0.1) is 18.7 Å². The minimum absolute atomic E-state index is 0.000148. The number of rotatable bonds is 5. The summed E-state index contributed by atoms with van der Waals surface area (Å²) in [6.45, 7) is 4.82. The number of hydrogen-bond acceptors (Lipinski definition) is 2. The van der Waals surface area contributed by atoms with Crippen LogP contribution >= 0.6 is 0 Å². The van der Waals surface area contributed by atoms with E-state index >= 15 is 0 Å². The van der Waals surface area contributed by atoms with Crippen molar-refractivity contribution in [3.8, 4) is 0 Å². The zero-order valence-electron chi connectivity index (χ0n) is 15.0. The Bertz CT molecular complexity index is 787. The van der Waals surface area contributed by atoms with E-state index < -0.39 is 0 Å². The molecule has 5 heteroatoms. The smallest absolute Gasteiger partial charge is 0.225 e. The number of nitrogens with one attached hydrogen (secondary N) is 1. The Balaban J connectivity index is 1.57. The van der Waals surface area contributed by atoms with Crippen molar-refractivity contribution in [1.82, 2.24) is 10.2 Å². The number of amides is 2. The summed E-state index contributed by atoms with van der Waals surface area (Å²) >= 11 is 0. The normalized spacial score (nSPS) is 18.0. The molecule has 1 saturated heterocycles. The monoisotopic (exact) mass is 354 g/mol. The number of carbonyl (C=O) groups is 2. The first-order valence-electron chi connectivity index (χ1n) is 8.81. The highest BCUT2D eigenvalue weighted by Crippen LogP contribution is 2.22. The van der Waals surface area contributed by atoms with Gasteiger partial charge in [-0.2, -0.15) is 0 Å². The minimum Gasteiger partial charge on any atom is -0.349 e. The highest BCUT2D eigenvalue weighted by atomic mass is 19.1. The molecule has 1 heterocycles. The molecule has 26 heavy (non-hydrogen) atoms. The quantitative estimate of drug-likeness (QED) is 0.895. The van der Waals surface area contributed by atoms with Gasteiger partial charge in [0.2, 0.25) is 11.8 Å². The van der Waals surface area contributed by atoms with Gasteiger partial charge < -0.3 is 10.2 Å². The third kappa shape index (κ3) is 4.28. The summed E-state index contributed by atoms with van der Waals surface area (Å²) in [5.74, 6) is -0.794. The average molecular weight is 354 g/mol. The lowest BCUT2D eigenvalue weighted by molar-refractivity contribution is -0.129. The minimum atomic E-state index is -0.351. The van der Waals surface area contributed by atoms with Crippen molar-refractivity contribution in [2.75, 3.05) is 6.54 Å². The molecule has 0 radical (unpaired) electrons. The van der Waals surface area contributed by atoms with Gasteiger partial charge in [-0.1, -0.05) is 42.0 Å². The van der Waals surface area contributed by atoms with Crippen LogP contribution in [-0.4, -0.2) is 23.3 Å². The number of halogens is 1. The van der Waals surface area contributed by atoms with Crippen LogP contribution in [0.5, 0.6) is 0 Å². The fraction of sp³-hybridized carbons (Fsp3) is 0.333. The molecule has 4 nitrogen and oxygen atoms in total. The molecule has 0 aromatic heterocycles. The van der Waals surface area contributed by atoms with Crippen molar-refractivity contribution < 1.29 is 14.0 Å². The second-order valence-corrected chi connectivity index (χ2v) is 6.94. The van der Waals surface area contributed by atoms with Gasteiger partial charge in [0.05, 0.1) is 12.0 Å². The molecule has 2 amide bonds. The summed E-state index contributed by atoms with van der Waals surface area (Å²) in [5.41, 5.74) is 3.07. The third-order valence-electron chi connectivity index (χ3n) is 4.81. The average Bonchev–Trinajstić information content (AvgIpc) is 2.98. The Morgan fingerprint density at radius 3 is 2.50 bits per heavy atom. The highest BCUT2D eigenvalue weighted by molar-refractivity contribution is 5.89. The largest absolute Gasteiger partial charge is 0.349 e. The number of aryl methyl sites for hydroxylation is 1. The van der Waals surface area contributed by atoms with Gasteiger partial charge in [0.1, 0.15) is 5.82 Å². The molecule has 0 spiro atoms. The molecule has 1 aliphatic rings. The first kappa shape index (κ1) is 18.1. The van der Waals surface area contributed by atoms with Gasteiger partial charge in [0, 0.05) is 19.5 Å². The molecule has 3 rings (SSSR count). The Labute approximate surface area is 153 Å². The van der Waals surface area contributed by atoms with Crippen LogP contribution in [0.2, 0.25) is 0 Å². The topological polar surface area (TPSA) is 49.4 Å². The van der Waals surface area contributed by atoms with Gasteiger partial charge in [0.25, 0.3) is 0 Å². The van der Waals surface area contributed by atoms with Gasteiger partial charge in [0.15, 0.2) is 0 Å². The molecular weight excluding hydrogens is 331 g/mol. The predicted octanol–water partition coefficient (Wildman–Crippen LogP) is 3.36. The molecule has 0 unspecified atom stereocenters. The summed E-state index contributed by atoms with van der Waals surface area (Å²) in [7, 11) is 0. The SMILES string of the molecule is Cc1ccc(CN2C[C@@H](C(=O)N[C@@H](C)c3ccc(F)cc3)CC2=O)cc1. The second kappa shape index (κ2) is 7.68. The molecule has 1 N–H and O–H groups in total. The number of nitrogens with zero attached hydrogens (tertiary/aromatic N) is 1.